The van der Waals surface area contributed by atoms with Crippen molar-refractivity contribution in [3.05, 3.63) is 11.6 Å². The molecule has 5 N–H and O–H groups in total. The van der Waals surface area contributed by atoms with Gasteiger partial charge in [-0.2, -0.15) is 0 Å². The van der Waals surface area contributed by atoms with Crippen LogP contribution < -0.4 is 0 Å². The Morgan fingerprint density at radius 3 is 2.09 bits per heavy atom. The maximum absolute atomic E-state index is 11.7. The summed E-state index contributed by atoms with van der Waals surface area (Å²) in [5, 5.41) is 54.7. The third-order valence-corrected chi connectivity index (χ3v) is 13.4. The molecule has 0 unspecified atom stereocenters. The van der Waals surface area contributed by atoms with Crippen molar-refractivity contribution < 1.29 is 25.5 Å². The number of fused-ring (bicyclic) bond motifs is 7. The van der Waals surface area contributed by atoms with Gasteiger partial charge in [0.2, 0.25) is 0 Å². The van der Waals surface area contributed by atoms with Gasteiger partial charge in [0.15, 0.2) is 0 Å². The maximum Gasteiger partial charge on any atom is 0.0877 e. The summed E-state index contributed by atoms with van der Waals surface area (Å²) < 4.78 is 0. The second kappa shape index (κ2) is 7.79. The highest BCUT2D eigenvalue weighted by molar-refractivity contribution is 5.35. The fourth-order valence-electron chi connectivity index (χ4n) is 10.8. The van der Waals surface area contributed by atoms with Crippen LogP contribution in [-0.2, 0) is 0 Å². The number of rotatable bonds is 2. The topological polar surface area (TPSA) is 101 Å². The zero-order valence-corrected chi connectivity index (χ0v) is 22.8. The minimum atomic E-state index is -0.903. The van der Waals surface area contributed by atoms with E-state index in [0.717, 1.165) is 44.9 Å². The van der Waals surface area contributed by atoms with Crippen molar-refractivity contribution in [2.45, 2.75) is 111 Å². The van der Waals surface area contributed by atoms with Gasteiger partial charge in [0.05, 0.1) is 24.9 Å². The van der Waals surface area contributed by atoms with Crippen LogP contribution in [0.25, 0.3) is 0 Å². The molecule has 0 spiro atoms. The van der Waals surface area contributed by atoms with E-state index in [9.17, 15) is 25.5 Å². The summed E-state index contributed by atoms with van der Waals surface area (Å²) in [4.78, 5) is 0. The standard InChI is InChI=1S/C30H50O5/c1-25(2)11-13-30(17-32)14-12-28(5)18(22(30)24(25)35)7-8-21-26(3)15-19(33)23(34)27(4,16-31)20(26)9-10-29(21,28)6/h7,19-24,31-35H,8-17H2,1-6H3/t19-,20+,21-,22-,23+,24+,26+,27+,28-,29-,30-/m1/s1. The SMILES string of the molecule is CC1(C)CC[C@]2(CO)CC[C@]3(C)C(=CC[C@@H]4[C@@]5(C)C[C@@H](O)[C@H](O)[C@@](C)(CO)[C@H]5CC[C@]43C)[C@@H]2[C@@H]1O. The summed E-state index contributed by atoms with van der Waals surface area (Å²) in [7, 11) is 0. The smallest absolute Gasteiger partial charge is 0.0877 e. The number of allylic oxidation sites excluding steroid dienone is 1. The van der Waals surface area contributed by atoms with Crippen LogP contribution in [0.5, 0.6) is 0 Å². The number of aliphatic hydroxyl groups excluding tert-OH is 5. The fraction of sp³-hybridized carbons (Fsp3) is 0.933. The van der Waals surface area contributed by atoms with Crippen LogP contribution in [0.2, 0.25) is 0 Å². The molecule has 5 rings (SSSR count). The van der Waals surface area contributed by atoms with Gasteiger partial charge >= 0.3 is 0 Å². The molecule has 5 heteroatoms. The molecule has 5 aliphatic carbocycles. The maximum atomic E-state index is 11.7. The lowest BCUT2D eigenvalue weighted by atomic mass is 9.33. The molecular formula is C30H50O5. The van der Waals surface area contributed by atoms with Gasteiger partial charge in [-0.15, -0.1) is 0 Å². The molecule has 5 nitrogen and oxygen atoms in total. The first-order valence-electron chi connectivity index (χ1n) is 14.1. The van der Waals surface area contributed by atoms with Gasteiger partial charge in [0, 0.05) is 23.4 Å². The van der Waals surface area contributed by atoms with E-state index in [-0.39, 0.29) is 52.1 Å². The Labute approximate surface area is 212 Å². The molecule has 35 heavy (non-hydrogen) atoms. The van der Waals surface area contributed by atoms with E-state index in [2.05, 4.69) is 40.7 Å². The Kier molecular flexibility index (Phi) is 5.82. The first-order chi connectivity index (χ1) is 16.2. The Balaban J connectivity index is 1.61. The normalized spacial score (nSPS) is 57.3. The van der Waals surface area contributed by atoms with Crippen molar-refractivity contribution in [3.8, 4) is 0 Å². The lowest BCUT2D eigenvalue weighted by Crippen LogP contribution is -2.68. The van der Waals surface area contributed by atoms with E-state index in [0.29, 0.717) is 12.3 Å². The molecule has 200 valence electrons. The van der Waals surface area contributed by atoms with Crippen LogP contribution in [0.4, 0.5) is 0 Å². The highest BCUT2D eigenvalue weighted by Crippen LogP contribution is 2.75. The molecule has 0 amide bonds. The molecule has 0 aromatic heterocycles. The van der Waals surface area contributed by atoms with E-state index >= 15 is 0 Å². The molecule has 0 aromatic carbocycles. The van der Waals surface area contributed by atoms with Crippen LogP contribution >= 0.6 is 0 Å². The van der Waals surface area contributed by atoms with E-state index in [4.69, 9.17) is 0 Å². The minimum Gasteiger partial charge on any atom is -0.396 e. The van der Waals surface area contributed by atoms with Crippen molar-refractivity contribution >= 4 is 0 Å². The van der Waals surface area contributed by atoms with Gasteiger partial charge < -0.3 is 25.5 Å². The van der Waals surface area contributed by atoms with Crippen molar-refractivity contribution in [1.82, 2.24) is 0 Å². The Morgan fingerprint density at radius 2 is 1.46 bits per heavy atom. The zero-order chi connectivity index (χ0) is 25.8. The lowest BCUT2D eigenvalue weighted by Gasteiger charge is -2.72. The van der Waals surface area contributed by atoms with Crippen molar-refractivity contribution in [2.75, 3.05) is 13.2 Å². The second-order valence-corrected chi connectivity index (χ2v) is 15.1. The van der Waals surface area contributed by atoms with E-state index < -0.39 is 23.7 Å². The monoisotopic (exact) mass is 490 g/mol. The average Bonchev–Trinajstić information content (AvgIpc) is 2.80. The van der Waals surface area contributed by atoms with Gasteiger partial charge in [-0.1, -0.05) is 53.2 Å². The summed E-state index contributed by atoms with van der Waals surface area (Å²) in [5.74, 6) is 0.458. The van der Waals surface area contributed by atoms with Gasteiger partial charge in [0.1, 0.15) is 0 Å². The zero-order valence-electron chi connectivity index (χ0n) is 22.8. The molecule has 4 saturated carbocycles. The third kappa shape index (κ3) is 3.05. The summed E-state index contributed by atoms with van der Waals surface area (Å²) in [6, 6.07) is 0. The van der Waals surface area contributed by atoms with Crippen molar-refractivity contribution in [3.63, 3.8) is 0 Å². The van der Waals surface area contributed by atoms with Crippen molar-refractivity contribution in [2.24, 2.45) is 50.2 Å². The summed E-state index contributed by atoms with van der Waals surface area (Å²) in [6.45, 7) is 13.5. The van der Waals surface area contributed by atoms with Crippen LogP contribution in [0.15, 0.2) is 11.6 Å². The van der Waals surface area contributed by atoms with E-state index in [1.54, 1.807) is 0 Å². The molecular weight excluding hydrogens is 440 g/mol. The van der Waals surface area contributed by atoms with Gasteiger partial charge in [-0.25, -0.2) is 0 Å². The summed E-state index contributed by atoms with van der Waals surface area (Å²) in [6.07, 6.45) is 7.48. The van der Waals surface area contributed by atoms with Gasteiger partial charge in [-0.05, 0) is 84.9 Å². The number of aliphatic hydroxyl groups is 5. The minimum absolute atomic E-state index is 0.0103. The number of hydrogen-bond donors (Lipinski definition) is 5. The predicted molar refractivity (Wildman–Crippen MR) is 136 cm³/mol. The molecule has 0 aromatic rings. The average molecular weight is 491 g/mol. The Bertz CT molecular complexity index is 899. The van der Waals surface area contributed by atoms with Crippen LogP contribution in [0.3, 0.4) is 0 Å². The van der Waals surface area contributed by atoms with Crippen molar-refractivity contribution in [1.29, 1.82) is 0 Å². The molecule has 0 heterocycles. The Hall–Kier alpha value is -0.460. The van der Waals surface area contributed by atoms with Crippen LogP contribution in [0.1, 0.15) is 92.9 Å². The molecule has 11 atom stereocenters. The Morgan fingerprint density at radius 1 is 0.800 bits per heavy atom. The summed E-state index contributed by atoms with van der Waals surface area (Å²) >= 11 is 0. The predicted octanol–water partition coefficient (Wildman–Crippen LogP) is 4.06. The fourth-order valence-corrected chi connectivity index (χ4v) is 10.8. The quantitative estimate of drug-likeness (QED) is 0.376. The molecule has 5 aliphatic rings. The van der Waals surface area contributed by atoms with Gasteiger partial charge in [-0.3, -0.25) is 0 Å². The van der Waals surface area contributed by atoms with Crippen LogP contribution in [-0.4, -0.2) is 57.1 Å². The first-order valence-corrected chi connectivity index (χ1v) is 14.1. The highest BCUT2D eigenvalue weighted by atomic mass is 16.3. The largest absolute Gasteiger partial charge is 0.396 e. The third-order valence-electron chi connectivity index (χ3n) is 13.4. The number of hydrogen-bond acceptors (Lipinski definition) is 5. The van der Waals surface area contributed by atoms with E-state index in [1.807, 2.05) is 6.92 Å². The molecule has 4 fully saturated rings. The second-order valence-electron chi connectivity index (χ2n) is 15.1. The van der Waals surface area contributed by atoms with E-state index in [1.165, 1.54) is 5.57 Å². The first kappa shape index (κ1) is 26.2. The van der Waals surface area contributed by atoms with Crippen LogP contribution in [0, 0.1) is 50.2 Å². The highest BCUT2D eigenvalue weighted by Gasteiger charge is 2.70. The molecule has 0 saturated heterocycles. The summed E-state index contributed by atoms with van der Waals surface area (Å²) in [5.41, 5.74) is -0.0192. The lowest BCUT2D eigenvalue weighted by molar-refractivity contribution is -0.246. The molecule has 0 bridgehead atoms. The molecule has 0 aliphatic heterocycles. The molecule has 0 radical (unpaired) electrons. The van der Waals surface area contributed by atoms with Gasteiger partial charge in [0.25, 0.3) is 0 Å².